The van der Waals surface area contributed by atoms with Gasteiger partial charge in [-0.2, -0.15) is 5.26 Å². The van der Waals surface area contributed by atoms with Crippen molar-refractivity contribution in [1.29, 1.82) is 5.26 Å². The first-order valence-electron chi connectivity index (χ1n) is 14.8. The highest BCUT2D eigenvalue weighted by Gasteiger charge is 2.31. The van der Waals surface area contributed by atoms with Gasteiger partial charge in [-0.1, -0.05) is 64.2 Å². The van der Waals surface area contributed by atoms with Crippen molar-refractivity contribution in [3.63, 3.8) is 0 Å². The molecule has 0 radical (unpaired) electrons. The fourth-order valence-electron chi connectivity index (χ4n) is 4.49. The summed E-state index contributed by atoms with van der Waals surface area (Å²) >= 11 is 0. The molecule has 6 nitrogen and oxygen atoms in total. The monoisotopic (exact) mass is 545 g/mol. The van der Waals surface area contributed by atoms with Crippen molar-refractivity contribution in [3.8, 4) is 6.07 Å². The van der Waals surface area contributed by atoms with E-state index in [0.717, 1.165) is 51.5 Å². The van der Waals surface area contributed by atoms with Crippen LogP contribution in [-0.2, 0) is 13.8 Å². The molecule has 8 heteroatoms. The highest BCUT2D eigenvalue weighted by atomic mass is 31.2. The number of aldehydes is 1. The molecule has 1 rings (SSSR count). The molecule has 1 aliphatic heterocycles. The van der Waals surface area contributed by atoms with E-state index >= 15 is 0 Å². The summed E-state index contributed by atoms with van der Waals surface area (Å²) in [6, 6.07) is 2.85. The van der Waals surface area contributed by atoms with Crippen molar-refractivity contribution < 1.29 is 18.2 Å². The second-order valence-electron chi connectivity index (χ2n) is 10.7. The van der Waals surface area contributed by atoms with Gasteiger partial charge in [-0.05, 0) is 54.0 Å². The van der Waals surface area contributed by atoms with E-state index in [0.29, 0.717) is 25.1 Å². The van der Waals surface area contributed by atoms with Gasteiger partial charge < -0.3 is 18.7 Å². The van der Waals surface area contributed by atoms with Crippen LogP contribution in [0.15, 0.2) is 0 Å². The number of halogens is 1. The van der Waals surface area contributed by atoms with Gasteiger partial charge in [0.15, 0.2) is 0 Å². The van der Waals surface area contributed by atoms with Crippen molar-refractivity contribution in [2.24, 2.45) is 0 Å². The molecule has 2 atom stereocenters. The number of carbonyl (C=O) groups excluding carboxylic acids is 1. The molecule has 1 saturated heterocycles. The summed E-state index contributed by atoms with van der Waals surface area (Å²) in [4.78, 5) is 12.4. The van der Waals surface area contributed by atoms with Crippen LogP contribution in [0.4, 0.5) is 4.39 Å². The number of likely N-dealkylation sites (N-methyl/N-ethyl adjacent to an activating group) is 1. The standard InChI is InChI=1S/C15H29FO.C14H28N3O2P/c16-14-12-10-8-6-4-2-1-3-5-7-9-11-13-15-17;1-12(2)17(13(3)4)20(18-10-6-8-15)19-14-7-9-16(5)11-14/h15H,1-14H2;12-14H,6-7,9-11H2,1-5H3. The van der Waals surface area contributed by atoms with Crippen LogP contribution in [0.5, 0.6) is 0 Å². The summed E-state index contributed by atoms with van der Waals surface area (Å²) in [6.07, 6.45) is 18.0. The average Bonchev–Trinajstić information content (AvgIpc) is 3.26. The molecule has 218 valence electrons. The van der Waals surface area contributed by atoms with Crippen LogP contribution in [0.2, 0.25) is 0 Å². The number of nitriles is 1. The minimum absolute atomic E-state index is 0.149. The quantitative estimate of drug-likeness (QED) is 0.0776. The molecule has 0 aliphatic carbocycles. The maximum absolute atomic E-state index is 11.8. The SMILES string of the molecule is CC(C)N(C(C)C)P(OCCC#N)OC1CCN(C)C1.O=CCCCCCCCCCCCCCCF. The molecule has 0 spiro atoms. The third kappa shape index (κ3) is 20.9. The fourth-order valence-corrected chi connectivity index (χ4v) is 6.22. The molecule has 1 aliphatic rings. The Morgan fingerprint density at radius 1 is 0.973 bits per heavy atom. The number of likely N-dealkylation sites (tertiary alicyclic amines) is 1. The zero-order valence-corrected chi connectivity index (χ0v) is 25.5. The minimum Gasteiger partial charge on any atom is -0.321 e. The Labute approximate surface area is 229 Å². The Morgan fingerprint density at radius 3 is 1.89 bits per heavy atom. The molecule has 0 aromatic rings. The normalized spacial score (nSPS) is 16.7. The molecule has 0 aromatic heterocycles. The first-order chi connectivity index (χ1) is 17.9. The van der Waals surface area contributed by atoms with Crippen molar-refractivity contribution in [2.45, 2.75) is 142 Å². The molecular formula is C29H57FN3O3P. The number of hydrogen-bond donors (Lipinski definition) is 0. The lowest BCUT2D eigenvalue weighted by molar-refractivity contribution is -0.107. The van der Waals surface area contributed by atoms with E-state index in [1.165, 1.54) is 57.8 Å². The van der Waals surface area contributed by atoms with Crippen molar-refractivity contribution in [1.82, 2.24) is 9.57 Å². The van der Waals surface area contributed by atoms with E-state index in [4.69, 9.17) is 14.3 Å². The molecular weight excluding hydrogens is 488 g/mol. The van der Waals surface area contributed by atoms with Gasteiger partial charge in [0.1, 0.15) is 6.29 Å². The van der Waals surface area contributed by atoms with Crippen LogP contribution in [0.3, 0.4) is 0 Å². The smallest absolute Gasteiger partial charge is 0.259 e. The van der Waals surface area contributed by atoms with E-state index in [2.05, 4.69) is 50.4 Å². The molecule has 0 saturated carbocycles. The molecule has 37 heavy (non-hydrogen) atoms. The molecule has 1 fully saturated rings. The number of carbonyl (C=O) groups is 1. The van der Waals surface area contributed by atoms with Gasteiger partial charge in [0.2, 0.25) is 0 Å². The van der Waals surface area contributed by atoms with E-state index in [9.17, 15) is 9.18 Å². The first kappa shape index (κ1) is 36.4. The van der Waals surface area contributed by atoms with E-state index in [-0.39, 0.29) is 12.8 Å². The van der Waals surface area contributed by atoms with Gasteiger partial charge in [-0.3, -0.25) is 4.39 Å². The average molecular weight is 546 g/mol. The minimum atomic E-state index is -1.09. The lowest BCUT2D eigenvalue weighted by Crippen LogP contribution is -2.35. The zero-order valence-electron chi connectivity index (χ0n) is 24.6. The Morgan fingerprint density at radius 2 is 1.49 bits per heavy atom. The third-order valence-corrected chi connectivity index (χ3v) is 8.64. The van der Waals surface area contributed by atoms with Crippen LogP contribution in [0.25, 0.3) is 0 Å². The molecule has 0 N–H and O–H groups in total. The van der Waals surface area contributed by atoms with E-state index in [1.54, 1.807) is 0 Å². The topological polar surface area (TPSA) is 65.8 Å². The Bertz CT molecular complexity index is 555. The van der Waals surface area contributed by atoms with Gasteiger partial charge in [0.05, 0.1) is 31.9 Å². The fraction of sp³-hybridized carbons (Fsp3) is 0.931. The second kappa shape index (κ2) is 25.6. The first-order valence-corrected chi connectivity index (χ1v) is 15.9. The maximum Gasteiger partial charge on any atom is 0.259 e. The van der Waals surface area contributed by atoms with Gasteiger partial charge in [0, 0.05) is 31.6 Å². The van der Waals surface area contributed by atoms with Gasteiger partial charge in [-0.15, -0.1) is 0 Å². The summed E-state index contributed by atoms with van der Waals surface area (Å²) in [6.45, 7) is 11.0. The van der Waals surface area contributed by atoms with Gasteiger partial charge >= 0.3 is 0 Å². The summed E-state index contributed by atoms with van der Waals surface area (Å²) in [5.74, 6) is 0. The molecule has 0 aromatic carbocycles. The van der Waals surface area contributed by atoms with Crippen LogP contribution < -0.4 is 0 Å². The molecule has 0 amide bonds. The van der Waals surface area contributed by atoms with Gasteiger partial charge in [-0.25, -0.2) is 4.67 Å². The van der Waals surface area contributed by atoms with Crippen LogP contribution in [0, 0.1) is 11.3 Å². The number of hydrogen-bond acceptors (Lipinski definition) is 6. The Kier molecular flexibility index (Phi) is 25.2. The summed E-state index contributed by atoms with van der Waals surface area (Å²) in [5.41, 5.74) is 0. The number of rotatable bonds is 22. The van der Waals surface area contributed by atoms with Crippen molar-refractivity contribution in [2.75, 3.05) is 33.4 Å². The van der Waals surface area contributed by atoms with Crippen LogP contribution in [0.1, 0.15) is 124 Å². The molecule has 0 bridgehead atoms. The second-order valence-corrected chi connectivity index (χ2v) is 12.1. The molecule has 2 unspecified atom stereocenters. The largest absolute Gasteiger partial charge is 0.321 e. The lowest BCUT2D eigenvalue weighted by atomic mass is 10.0. The highest BCUT2D eigenvalue weighted by Crippen LogP contribution is 2.47. The number of unbranched alkanes of at least 4 members (excludes halogenated alkanes) is 12. The zero-order chi connectivity index (χ0) is 27.7. The number of nitrogens with zero attached hydrogens (tertiary/aromatic N) is 3. The van der Waals surface area contributed by atoms with Crippen LogP contribution in [-0.4, -0.2) is 67.5 Å². The predicted molar refractivity (Wildman–Crippen MR) is 154 cm³/mol. The summed E-state index contributed by atoms with van der Waals surface area (Å²) < 4.78 is 26.2. The van der Waals surface area contributed by atoms with Gasteiger partial charge in [0.25, 0.3) is 8.53 Å². The number of alkyl halides is 1. The third-order valence-electron chi connectivity index (χ3n) is 6.46. The van der Waals surface area contributed by atoms with E-state index < -0.39 is 8.53 Å². The van der Waals surface area contributed by atoms with E-state index in [1.807, 2.05) is 0 Å². The summed E-state index contributed by atoms with van der Waals surface area (Å²) in [7, 11) is 1.03. The lowest BCUT2D eigenvalue weighted by Gasteiger charge is -2.36. The predicted octanol–water partition coefficient (Wildman–Crippen LogP) is 8.21. The Hall–Kier alpha value is -0.640. The van der Waals surface area contributed by atoms with Crippen molar-refractivity contribution >= 4 is 14.8 Å². The molecule has 1 heterocycles. The van der Waals surface area contributed by atoms with Crippen LogP contribution >= 0.6 is 8.53 Å². The van der Waals surface area contributed by atoms with Crippen molar-refractivity contribution in [3.05, 3.63) is 0 Å². The highest BCUT2D eigenvalue weighted by molar-refractivity contribution is 7.44. The Balaban J connectivity index is 0.000000712. The maximum atomic E-state index is 11.8. The summed E-state index contributed by atoms with van der Waals surface area (Å²) in [5, 5.41) is 8.67.